The Morgan fingerprint density at radius 1 is 1.40 bits per heavy atom. The zero-order valence-corrected chi connectivity index (χ0v) is 9.25. The summed E-state index contributed by atoms with van der Waals surface area (Å²) in [6.45, 7) is 3.63. The van der Waals surface area contributed by atoms with Crippen LogP contribution in [0.1, 0.15) is 23.7 Å². The lowest BCUT2D eigenvalue weighted by Crippen LogP contribution is -2.17. The van der Waals surface area contributed by atoms with Gasteiger partial charge >= 0.3 is 0 Å². The first-order valence-electron chi connectivity index (χ1n) is 5.16. The number of para-hydroxylation sites is 1. The van der Waals surface area contributed by atoms with Crippen LogP contribution in [0.3, 0.4) is 0 Å². The Bertz CT molecular complexity index is 323. The van der Waals surface area contributed by atoms with Crippen molar-refractivity contribution < 1.29 is 9.53 Å². The van der Waals surface area contributed by atoms with Gasteiger partial charge in [-0.3, -0.25) is 4.79 Å². The zero-order chi connectivity index (χ0) is 11.1. The lowest BCUT2D eigenvalue weighted by atomic mass is 10.1. The molecule has 0 atom stereocenters. The first-order valence-corrected chi connectivity index (χ1v) is 5.16. The zero-order valence-electron chi connectivity index (χ0n) is 9.25. The average molecular weight is 207 g/mol. The van der Waals surface area contributed by atoms with E-state index in [0.29, 0.717) is 24.3 Å². The molecule has 15 heavy (non-hydrogen) atoms. The van der Waals surface area contributed by atoms with Gasteiger partial charge in [-0.25, -0.2) is 0 Å². The van der Waals surface area contributed by atoms with Crippen LogP contribution in [0.2, 0.25) is 0 Å². The van der Waals surface area contributed by atoms with Crippen molar-refractivity contribution in [2.24, 2.45) is 0 Å². The molecule has 0 aliphatic rings. The van der Waals surface area contributed by atoms with Crippen molar-refractivity contribution in [3.63, 3.8) is 0 Å². The van der Waals surface area contributed by atoms with E-state index in [0.717, 1.165) is 6.54 Å². The van der Waals surface area contributed by atoms with Gasteiger partial charge in [-0.05, 0) is 18.7 Å². The van der Waals surface area contributed by atoms with Crippen molar-refractivity contribution in [1.29, 1.82) is 0 Å². The van der Waals surface area contributed by atoms with E-state index in [1.807, 2.05) is 19.1 Å². The van der Waals surface area contributed by atoms with Gasteiger partial charge in [-0.2, -0.15) is 0 Å². The van der Waals surface area contributed by atoms with E-state index in [2.05, 4.69) is 5.32 Å². The summed E-state index contributed by atoms with van der Waals surface area (Å²) < 4.78 is 5.13. The lowest BCUT2D eigenvalue weighted by molar-refractivity contribution is 0.0980. The molecule has 1 aromatic rings. The maximum absolute atomic E-state index is 11.8. The van der Waals surface area contributed by atoms with E-state index >= 15 is 0 Å². The average Bonchev–Trinajstić information content (AvgIpc) is 2.29. The van der Waals surface area contributed by atoms with Gasteiger partial charge in [0.2, 0.25) is 0 Å². The molecule has 0 amide bonds. The molecule has 0 aromatic heterocycles. The second-order valence-electron chi connectivity index (χ2n) is 3.23. The van der Waals surface area contributed by atoms with E-state index in [-0.39, 0.29) is 5.78 Å². The van der Waals surface area contributed by atoms with Crippen molar-refractivity contribution in [1.82, 2.24) is 5.32 Å². The summed E-state index contributed by atoms with van der Waals surface area (Å²) >= 11 is 0. The highest BCUT2D eigenvalue weighted by molar-refractivity contribution is 5.98. The minimum atomic E-state index is 0.119. The Morgan fingerprint density at radius 3 is 2.80 bits per heavy atom. The molecule has 0 spiro atoms. The van der Waals surface area contributed by atoms with Crippen molar-refractivity contribution in [3.8, 4) is 5.75 Å². The molecule has 0 saturated heterocycles. The standard InChI is InChI=1S/C12H17NO2/c1-3-13-9-8-11(14)10-6-4-5-7-12(10)15-2/h4-7,13H,3,8-9H2,1-2H3. The Morgan fingerprint density at radius 2 is 2.13 bits per heavy atom. The van der Waals surface area contributed by atoms with E-state index in [4.69, 9.17) is 4.74 Å². The maximum atomic E-state index is 11.8. The number of hydrogen-bond acceptors (Lipinski definition) is 3. The van der Waals surface area contributed by atoms with Gasteiger partial charge in [0.1, 0.15) is 5.75 Å². The molecular weight excluding hydrogens is 190 g/mol. The van der Waals surface area contributed by atoms with Gasteiger partial charge in [-0.15, -0.1) is 0 Å². The minimum absolute atomic E-state index is 0.119. The molecule has 1 rings (SSSR count). The first kappa shape index (κ1) is 11.7. The summed E-state index contributed by atoms with van der Waals surface area (Å²) in [7, 11) is 1.58. The van der Waals surface area contributed by atoms with Crippen molar-refractivity contribution in [2.75, 3.05) is 20.2 Å². The predicted molar refractivity (Wildman–Crippen MR) is 60.5 cm³/mol. The van der Waals surface area contributed by atoms with Crippen molar-refractivity contribution >= 4 is 5.78 Å². The third kappa shape index (κ3) is 3.36. The molecule has 1 N–H and O–H groups in total. The summed E-state index contributed by atoms with van der Waals surface area (Å²) in [4.78, 5) is 11.8. The Labute approximate surface area is 90.4 Å². The molecule has 0 heterocycles. The predicted octanol–water partition coefficient (Wildman–Crippen LogP) is 1.88. The molecular formula is C12H17NO2. The van der Waals surface area contributed by atoms with Crippen LogP contribution in [0.25, 0.3) is 0 Å². The van der Waals surface area contributed by atoms with Gasteiger partial charge in [0.05, 0.1) is 12.7 Å². The quantitative estimate of drug-likeness (QED) is 0.571. The summed E-state index contributed by atoms with van der Waals surface area (Å²) in [6, 6.07) is 7.32. The Hall–Kier alpha value is -1.35. The number of Topliss-reactive ketones (excluding diaryl/α,β-unsaturated/α-hetero) is 1. The highest BCUT2D eigenvalue weighted by Gasteiger charge is 2.10. The van der Waals surface area contributed by atoms with Crippen LogP contribution in [0.5, 0.6) is 5.75 Å². The molecule has 82 valence electrons. The topological polar surface area (TPSA) is 38.3 Å². The molecule has 0 fully saturated rings. The van der Waals surface area contributed by atoms with Crippen LogP contribution in [0.4, 0.5) is 0 Å². The second kappa shape index (κ2) is 6.19. The number of methoxy groups -OCH3 is 1. The number of rotatable bonds is 6. The Balaban J connectivity index is 2.64. The first-order chi connectivity index (χ1) is 7.29. The van der Waals surface area contributed by atoms with Crippen LogP contribution in [-0.4, -0.2) is 26.0 Å². The number of ketones is 1. The monoisotopic (exact) mass is 207 g/mol. The van der Waals surface area contributed by atoms with Gasteiger partial charge in [0.25, 0.3) is 0 Å². The molecule has 3 heteroatoms. The van der Waals surface area contributed by atoms with E-state index in [1.165, 1.54) is 0 Å². The largest absolute Gasteiger partial charge is 0.496 e. The fraction of sp³-hybridized carbons (Fsp3) is 0.417. The number of ether oxygens (including phenoxy) is 1. The fourth-order valence-corrected chi connectivity index (χ4v) is 1.39. The summed E-state index contributed by atoms with van der Waals surface area (Å²) in [5.74, 6) is 0.771. The number of carbonyl (C=O) groups is 1. The molecule has 0 bridgehead atoms. The SMILES string of the molecule is CCNCCC(=O)c1ccccc1OC. The van der Waals surface area contributed by atoms with E-state index in [9.17, 15) is 4.79 Å². The third-order valence-corrected chi connectivity index (χ3v) is 2.19. The minimum Gasteiger partial charge on any atom is -0.496 e. The molecule has 0 unspecified atom stereocenters. The summed E-state index contributed by atoms with van der Waals surface area (Å²) in [6.07, 6.45) is 0.508. The van der Waals surface area contributed by atoms with Crippen LogP contribution < -0.4 is 10.1 Å². The van der Waals surface area contributed by atoms with Gasteiger partial charge < -0.3 is 10.1 Å². The molecule has 1 aromatic carbocycles. The van der Waals surface area contributed by atoms with Crippen LogP contribution in [0.15, 0.2) is 24.3 Å². The molecule has 0 aliphatic heterocycles. The molecule has 3 nitrogen and oxygen atoms in total. The van der Waals surface area contributed by atoms with E-state index in [1.54, 1.807) is 19.2 Å². The Kier molecular flexibility index (Phi) is 4.84. The number of benzene rings is 1. The van der Waals surface area contributed by atoms with Gasteiger partial charge in [-0.1, -0.05) is 19.1 Å². The van der Waals surface area contributed by atoms with Crippen LogP contribution >= 0.6 is 0 Å². The molecule has 0 radical (unpaired) electrons. The number of carbonyl (C=O) groups excluding carboxylic acids is 1. The summed E-state index contributed by atoms with van der Waals surface area (Å²) in [5.41, 5.74) is 0.665. The number of nitrogens with one attached hydrogen (secondary N) is 1. The smallest absolute Gasteiger partial charge is 0.167 e. The van der Waals surface area contributed by atoms with Crippen molar-refractivity contribution in [3.05, 3.63) is 29.8 Å². The fourth-order valence-electron chi connectivity index (χ4n) is 1.39. The van der Waals surface area contributed by atoms with Gasteiger partial charge in [0.15, 0.2) is 5.78 Å². The van der Waals surface area contributed by atoms with Crippen molar-refractivity contribution in [2.45, 2.75) is 13.3 Å². The molecule has 0 aliphatic carbocycles. The van der Waals surface area contributed by atoms with Crippen LogP contribution in [0, 0.1) is 0 Å². The van der Waals surface area contributed by atoms with Crippen LogP contribution in [-0.2, 0) is 0 Å². The highest BCUT2D eigenvalue weighted by Crippen LogP contribution is 2.18. The van der Waals surface area contributed by atoms with Gasteiger partial charge in [0, 0.05) is 13.0 Å². The highest BCUT2D eigenvalue weighted by atomic mass is 16.5. The van der Waals surface area contributed by atoms with E-state index < -0.39 is 0 Å². The number of hydrogen-bond donors (Lipinski definition) is 1. The maximum Gasteiger partial charge on any atom is 0.167 e. The summed E-state index contributed by atoms with van der Waals surface area (Å²) in [5, 5.41) is 3.12. The third-order valence-electron chi connectivity index (χ3n) is 2.19. The molecule has 0 saturated carbocycles. The second-order valence-corrected chi connectivity index (χ2v) is 3.23. The normalized spacial score (nSPS) is 10.0. The lowest BCUT2D eigenvalue weighted by Gasteiger charge is -2.07.